The van der Waals surface area contributed by atoms with Crippen LogP contribution >= 0.6 is 0 Å². The van der Waals surface area contributed by atoms with Gasteiger partial charge in [0, 0.05) is 12.6 Å². The van der Waals surface area contributed by atoms with Gasteiger partial charge in [0.05, 0.1) is 12.2 Å². The lowest BCUT2D eigenvalue weighted by Crippen LogP contribution is -2.03. The summed E-state index contributed by atoms with van der Waals surface area (Å²) >= 11 is 0. The van der Waals surface area contributed by atoms with Gasteiger partial charge < -0.3 is 5.73 Å². The fraction of sp³-hybridized carbons (Fsp3) is 0.200. The van der Waals surface area contributed by atoms with Gasteiger partial charge >= 0.3 is 0 Å². The zero-order valence-electron chi connectivity index (χ0n) is 10.7. The van der Waals surface area contributed by atoms with Crippen LogP contribution in [0.15, 0.2) is 48.7 Å². The minimum Gasteiger partial charge on any atom is -0.330 e. The Bertz CT molecular complexity index is 682. The number of rotatable bonds is 4. The molecule has 0 radical (unpaired) electrons. The van der Waals surface area contributed by atoms with Crippen molar-refractivity contribution in [3.63, 3.8) is 0 Å². The minimum absolute atomic E-state index is 0.604. The summed E-state index contributed by atoms with van der Waals surface area (Å²) in [6.07, 6.45) is 2.74. The van der Waals surface area contributed by atoms with E-state index in [1.807, 2.05) is 10.9 Å². The fourth-order valence-electron chi connectivity index (χ4n) is 2.28. The number of benzene rings is 2. The molecule has 0 unspecified atom stereocenters. The summed E-state index contributed by atoms with van der Waals surface area (Å²) in [5, 5.41) is 10.8. The Morgan fingerprint density at radius 2 is 1.89 bits per heavy atom. The third kappa shape index (κ3) is 2.48. The summed E-state index contributed by atoms with van der Waals surface area (Å²) in [5.41, 5.74) is 7.72. The maximum atomic E-state index is 5.52. The van der Waals surface area contributed by atoms with E-state index in [-0.39, 0.29) is 0 Å². The molecular weight excluding hydrogens is 236 g/mol. The highest BCUT2D eigenvalue weighted by Crippen LogP contribution is 2.19. The van der Waals surface area contributed by atoms with Crippen molar-refractivity contribution < 1.29 is 0 Å². The molecular formula is C15H16N4. The minimum atomic E-state index is 0.604. The molecule has 2 aromatic carbocycles. The molecule has 0 saturated heterocycles. The second-order valence-corrected chi connectivity index (χ2v) is 4.58. The van der Waals surface area contributed by atoms with Gasteiger partial charge in [-0.25, -0.2) is 4.68 Å². The molecule has 3 rings (SSSR count). The van der Waals surface area contributed by atoms with Gasteiger partial charge in [0.15, 0.2) is 0 Å². The van der Waals surface area contributed by atoms with E-state index in [1.54, 1.807) is 0 Å². The molecule has 0 saturated carbocycles. The average Bonchev–Trinajstić information content (AvgIpc) is 2.87. The highest BCUT2D eigenvalue weighted by Gasteiger charge is 2.04. The highest BCUT2D eigenvalue weighted by molar-refractivity contribution is 5.85. The first kappa shape index (κ1) is 11.9. The fourth-order valence-corrected chi connectivity index (χ4v) is 2.28. The Morgan fingerprint density at radius 3 is 2.79 bits per heavy atom. The van der Waals surface area contributed by atoms with E-state index in [1.165, 1.54) is 16.3 Å². The lowest BCUT2D eigenvalue weighted by atomic mass is 10.0. The largest absolute Gasteiger partial charge is 0.330 e. The van der Waals surface area contributed by atoms with Crippen LogP contribution in [0, 0.1) is 0 Å². The first-order chi connectivity index (χ1) is 9.36. The predicted molar refractivity (Wildman–Crippen MR) is 75.8 cm³/mol. The molecule has 2 N–H and O–H groups in total. The van der Waals surface area contributed by atoms with Crippen molar-refractivity contribution in [2.45, 2.75) is 13.0 Å². The lowest BCUT2D eigenvalue weighted by Gasteiger charge is -2.05. The molecule has 1 heterocycles. The van der Waals surface area contributed by atoms with Crippen LogP contribution in [0.5, 0.6) is 0 Å². The number of hydrogen-bond donors (Lipinski definition) is 1. The van der Waals surface area contributed by atoms with Crippen molar-refractivity contribution in [2.75, 3.05) is 6.54 Å². The van der Waals surface area contributed by atoms with Crippen molar-refractivity contribution in [2.24, 2.45) is 5.73 Å². The van der Waals surface area contributed by atoms with Crippen LogP contribution in [-0.2, 0) is 13.0 Å². The van der Waals surface area contributed by atoms with E-state index in [0.717, 1.165) is 18.7 Å². The van der Waals surface area contributed by atoms with Gasteiger partial charge in [0.2, 0.25) is 0 Å². The van der Waals surface area contributed by atoms with Crippen molar-refractivity contribution in [1.82, 2.24) is 15.0 Å². The van der Waals surface area contributed by atoms with E-state index in [0.29, 0.717) is 6.54 Å². The second kappa shape index (κ2) is 5.20. The zero-order chi connectivity index (χ0) is 13.1. The van der Waals surface area contributed by atoms with Gasteiger partial charge in [-0.05, 0) is 22.9 Å². The molecule has 1 aromatic heterocycles. The molecule has 96 valence electrons. The molecule has 19 heavy (non-hydrogen) atoms. The van der Waals surface area contributed by atoms with Crippen LogP contribution in [0.4, 0.5) is 0 Å². The first-order valence-electron chi connectivity index (χ1n) is 6.42. The van der Waals surface area contributed by atoms with Gasteiger partial charge in [0.1, 0.15) is 0 Å². The number of hydrogen-bond acceptors (Lipinski definition) is 3. The molecule has 4 heteroatoms. The molecule has 0 aliphatic rings. The maximum Gasteiger partial charge on any atom is 0.0839 e. The third-order valence-corrected chi connectivity index (χ3v) is 3.20. The molecule has 4 nitrogen and oxygen atoms in total. The topological polar surface area (TPSA) is 56.7 Å². The Kier molecular flexibility index (Phi) is 3.25. The van der Waals surface area contributed by atoms with Gasteiger partial charge in [-0.1, -0.05) is 47.7 Å². The van der Waals surface area contributed by atoms with E-state index in [4.69, 9.17) is 5.73 Å². The standard InChI is InChI=1S/C15H16N4/c16-9-8-14-11-19(18-17-14)10-13-6-3-5-12-4-1-2-7-15(12)13/h1-7,11H,8-10,16H2. The summed E-state index contributed by atoms with van der Waals surface area (Å²) in [4.78, 5) is 0. The van der Waals surface area contributed by atoms with E-state index < -0.39 is 0 Å². The summed E-state index contributed by atoms with van der Waals surface area (Å²) in [5.74, 6) is 0. The van der Waals surface area contributed by atoms with Crippen LogP contribution in [0.1, 0.15) is 11.3 Å². The van der Waals surface area contributed by atoms with E-state index >= 15 is 0 Å². The molecule has 0 bridgehead atoms. The average molecular weight is 252 g/mol. The normalized spacial score (nSPS) is 11.0. The lowest BCUT2D eigenvalue weighted by molar-refractivity contribution is 0.652. The monoisotopic (exact) mass is 252 g/mol. The Morgan fingerprint density at radius 1 is 1.05 bits per heavy atom. The van der Waals surface area contributed by atoms with Crippen LogP contribution in [0.3, 0.4) is 0 Å². The molecule has 0 atom stereocenters. The van der Waals surface area contributed by atoms with Gasteiger partial charge in [0.25, 0.3) is 0 Å². The number of fused-ring (bicyclic) bond motifs is 1. The van der Waals surface area contributed by atoms with Gasteiger partial charge in [-0.15, -0.1) is 5.10 Å². The van der Waals surface area contributed by atoms with Gasteiger partial charge in [-0.2, -0.15) is 0 Å². The Balaban J connectivity index is 1.92. The SMILES string of the molecule is NCCc1cn(Cc2cccc3ccccc23)nn1. The molecule has 0 aliphatic carbocycles. The van der Waals surface area contributed by atoms with Crippen molar-refractivity contribution in [3.05, 3.63) is 59.9 Å². The Hall–Kier alpha value is -2.20. The van der Waals surface area contributed by atoms with Crippen molar-refractivity contribution >= 4 is 10.8 Å². The third-order valence-electron chi connectivity index (χ3n) is 3.20. The smallest absolute Gasteiger partial charge is 0.0839 e. The number of nitrogens with two attached hydrogens (primary N) is 1. The summed E-state index contributed by atoms with van der Waals surface area (Å²) in [6, 6.07) is 14.7. The molecule has 0 fully saturated rings. The quantitative estimate of drug-likeness (QED) is 0.772. The predicted octanol–water partition coefficient (Wildman–Crippen LogP) is 1.98. The van der Waals surface area contributed by atoms with E-state index in [9.17, 15) is 0 Å². The zero-order valence-corrected chi connectivity index (χ0v) is 10.7. The van der Waals surface area contributed by atoms with Crippen LogP contribution in [-0.4, -0.2) is 21.5 Å². The van der Waals surface area contributed by atoms with Crippen LogP contribution < -0.4 is 5.73 Å². The van der Waals surface area contributed by atoms with Gasteiger partial charge in [-0.3, -0.25) is 0 Å². The van der Waals surface area contributed by atoms with E-state index in [2.05, 4.69) is 52.8 Å². The maximum absolute atomic E-state index is 5.52. The number of aromatic nitrogens is 3. The van der Waals surface area contributed by atoms with Crippen molar-refractivity contribution in [3.8, 4) is 0 Å². The second-order valence-electron chi connectivity index (χ2n) is 4.58. The number of nitrogens with zero attached hydrogens (tertiary/aromatic N) is 3. The molecule has 3 aromatic rings. The molecule has 0 spiro atoms. The van der Waals surface area contributed by atoms with Crippen molar-refractivity contribution in [1.29, 1.82) is 0 Å². The first-order valence-corrected chi connectivity index (χ1v) is 6.42. The summed E-state index contributed by atoms with van der Waals surface area (Å²) in [7, 11) is 0. The highest BCUT2D eigenvalue weighted by atomic mass is 15.4. The molecule has 0 amide bonds. The summed E-state index contributed by atoms with van der Waals surface area (Å²) < 4.78 is 1.87. The Labute approximate surface area is 111 Å². The van der Waals surface area contributed by atoms with Crippen LogP contribution in [0.25, 0.3) is 10.8 Å². The molecule has 0 aliphatic heterocycles. The summed E-state index contributed by atoms with van der Waals surface area (Å²) in [6.45, 7) is 1.34. The van der Waals surface area contributed by atoms with Crippen LogP contribution in [0.2, 0.25) is 0 Å².